The molecular weight excluding hydrogens is 204 g/mol. The van der Waals surface area contributed by atoms with Crippen LogP contribution in [0, 0.1) is 6.92 Å². The summed E-state index contributed by atoms with van der Waals surface area (Å²) in [6.45, 7) is 3.95. The second-order valence-corrected chi connectivity index (χ2v) is 4.26. The van der Waals surface area contributed by atoms with Crippen LogP contribution in [0.15, 0.2) is 66.7 Å². The lowest BCUT2D eigenvalue weighted by atomic mass is 10.0. The zero-order valence-electron chi connectivity index (χ0n) is 9.56. The van der Waals surface area contributed by atoms with Gasteiger partial charge in [-0.25, -0.2) is 0 Å². The van der Waals surface area contributed by atoms with Gasteiger partial charge in [0.05, 0.1) is 0 Å². The Kier molecular flexibility index (Phi) is 2.41. The highest BCUT2D eigenvalue weighted by atomic mass is 14.0. The topological polar surface area (TPSA) is 0 Å². The summed E-state index contributed by atoms with van der Waals surface area (Å²) in [7, 11) is 0. The summed E-state index contributed by atoms with van der Waals surface area (Å²) in [5.74, 6) is 0. The quantitative estimate of drug-likeness (QED) is 0.554. The molecular formula is C17H13. The SMILES string of the molecule is [CH2]c1ccc2cc(-c3ccccc3)ccc2c1. The Morgan fingerprint density at radius 2 is 1.29 bits per heavy atom. The first kappa shape index (κ1) is 10.1. The Labute approximate surface area is 102 Å². The van der Waals surface area contributed by atoms with Gasteiger partial charge < -0.3 is 0 Å². The molecule has 17 heavy (non-hydrogen) atoms. The fraction of sp³-hybridized carbons (Fsp3) is 0. The highest BCUT2D eigenvalue weighted by molar-refractivity contribution is 5.87. The van der Waals surface area contributed by atoms with E-state index in [9.17, 15) is 0 Å². The van der Waals surface area contributed by atoms with Gasteiger partial charge in [0.15, 0.2) is 0 Å². The third-order valence-electron chi connectivity index (χ3n) is 3.01. The van der Waals surface area contributed by atoms with E-state index in [4.69, 9.17) is 0 Å². The van der Waals surface area contributed by atoms with Crippen molar-refractivity contribution in [2.45, 2.75) is 0 Å². The summed E-state index contributed by atoms with van der Waals surface area (Å²) in [5.41, 5.74) is 3.58. The molecule has 0 amide bonds. The predicted octanol–water partition coefficient (Wildman–Crippen LogP) is 4.69. The molecule has 0 spiro atoms. The summed E-state index contributed by atoms with van der Waals surface area (Å²) in [6, 6.07) is 23.3. The molecule has 0 aliphatic rings. The van der Waals surface area contributed by atoms with Gasteiger partial charge in [-0.1, -0.05) is 60.7 Å². The van der Waals surface area contributed by atoms with Gasteiger partial charge in [0, 0.05) is 0 Å². The normalized spacial score (nSPS) is 10.6. The van der Waals surface area contributed by atoms with Crippen LogP contribution in [-0.2, 0) is 0 Å². The van der Waals surface area contributed by atoms with Gasteiger partial charge in [0.2, 0.25) is 0 Å². The minimum atomic E-state index is 1.06. The van der Waals surface area contributed by atoms with Crippen LogP contribution >= 0.6 is 0 Å². The van der Waals surface area contributed by atoms with Crippen LogP contribution in [-0.4, -0.2) is 0 Å². The van der Waals surface area contributed by atoms with Crippen LogP contribution in [0.4, 0.5) is 0 Å². The summed E-state index contributed by atoms with van der Waals surface area (Å²) < 4.78 is 0. The summed E-state index contributed by atoms with van der Waals surface area (Å²) in [4.78, 5) is 0. The molecule has 3 aromatic carbocycles. The molecule has 3 aromatic rings. The number of rotatable bonds is 1. The lowest BCUT2D eigenvalue weighted by molar-refractivity contribution is 1.63. The molecule has 0 aliphatic heterocycles. The lowest BCUT2D eigenvalue weighted by Gasteiger charge is -2.04. The molecule has 0 bridgehead atoms. The summed E-state index contributed by atoms with van der Waals surface area (Å²) in [5, 5.41) is 2.51. The molecule has 0 heteroatoms. The van der Waals surface area contributed by atoms with Crippen molar-refractivity contribution in [3.63, 3.8) is 0 Å². The van der Waals surface area contributed by atoms with Gasteiger partial charge in [-0.15, -0.1) is 0 Å². The van der Waals surface area contributed by atoms with E-state index < -0.39 is 0 Å². The fourth-order valence-electron chi connectivity index (χ4n) is 2.11. The van der Waals surface area contributed by atoms with Crippen molar-refractivity contribution in [2.24, 2.45) is 0 Å². The first-order chi connectivity index (χ1) is 8.33. The first-order valence-corrected chi connectivity index (χ1v) is 5.74. The third-order valence-corrected chi connectivity index (χ3v) is 3.01. The summed E-state index contributed by atoms with van der Waals surface area (Å²) >= 11 is 0. The Hall–Kier alpha value is -2.08. The maximum Gasteiger partial charge on any atom is -0.0178 e. The lowest BCUT2D eigenvalue weighted by Crippen LogP contribution is -1.79. The molecule has 0 atom stereocenters. The largest absolute Gasteiger partial charge is 0.0622 e. The molecule has 0 fully saturated rings. The van der Waals surface area contributed by atoms with E-state index in [2.05, 4.69) is 67.6 Å². The van der Waals surface area contributed by atoms with Crippen LogP contribution in [0.1, 0.15) is 5.56 Å². The number of fused-ring (bicyclic) bond motifs is 1. The van der Waals surface area contributed by atoms with Crippen LogP contribution in [0.5, 0.6) is 0 Å². The number of benzene rings is 3. The Bertz CT molecular complexity index is 651. The standard InChI is InChI=1S/C17H13/c1-13-7-8-17-12-16(10-9-15(17)11-13)14-5-3-2-4-6-14/h2-12H,1H2. The second kappa shape index (κ2) is 4.06. The predicted molar refractivity (Wildman–Crippen MR) is 73.8 cm³/mol. The maximum atomic E-state index is 3.95. The van der Waals surface area contributed by atoms with E-state index in [1.54, 1.807) is 0 Å². The van der Waals surface area contributed by atoms with Crippen molar-refractivity contribution in [2.75, 3.05) is 0 Å². The maximum absolute atomic E-state index is 3.95. The fourth-order valence-corrected chi connectivity index (χ4v) is 2.11. The molecule has 0 saturated heterocycles. The Balaban J connectivity index is 2.17. The third kappa shape index (κ3) is 1.94. The molecule has 0 N–H and O–H groups in total. The Morgan fingerprint density at radius 3 is 2.12 bits per heavy atom. The van der Waals surface area contributed by atoms with E-state index in [-0.39, 0.29) is 0 Å². The van der Waals surface area contributed by atoms with Gasteiger partial charge in [0.25, 0.3) is 0 Å². The average molecular weight is 217 g/mol. The minimum absolute atomic E-state index is 1.06. The second-order valence-electron chi connectivity index (χ2n) is 4.26. The zero-order valence-corrected chi connectivity index (χ0v) is 9.56. The Morgan fingerprint density at radius 1 is 0.588 bits per heavy atom. The molecule has 3 rings (SSSR count). The van der Waals surface area contributed by atoms with Crippen molar-refractivity contribution in [1.29, 1.82) is 0 Å². The van der Waals surface area contributed by atoms with E-state index in [1.165, 1.54) is 21.9 Å². The monoisotopic (exact) mass is 217 g/mol. The van der Waals surface area contributed by atoms with Crippen molar-refractivity contribution < 1.29 is 0 Å². The van der Waals surface area contributed by atoms with Crippen molar-refractivity contribution in [1.82, 2.24) is 0 Å². The van der Waals surface area contributed by atoms with Gasteiger partial charge >= 0.3 is 0 Å². The molecule has 0 nitrogen and oxygen atoms in total. The molecule has 1 radical (unpaired) electrons. The van der Waals surface area contributed by atoms with Crippen LogP contribution in [0.25, 0.3) is 21.9 Å². The number of hydrogen-bond donors (Lipinski definition) is 0. The minimum Gasteiger partial charge on any atom is -0.0622 e. The van der Waals surface area contributed by atoms with Gasteiger partial charge in [-0.2, -0.15) is 0 Å². The van der Waals surface area contributed by atoms with Crippen molar-refractivity contribution in [3.05, 3.63) is 79.2 Å². The average Bonchev–Trinajstić information content (AvgIpc) is 2.39. The molecule has 0 aromatic heterocycles. The zero-order chi connectivity index (χ0) is 11.7. The first-order valence-electron chi connectivity index (χ1n) is 5.74. The van der Waals surface area contributed by atoms with Gasteiger partial charge in [0.1, 0.15) is 0 Å². The van der Waals surface area contributed by atoms with Crippen LogP contribution in [0.2, 0.25) is 0 Å². The number of hydrogen-bond acceptors (Lipinski definition) is 0. The van der Waals surface area contributed by atoms with Gasteiger partial charge in [-0.05, 0) is 40.5 Å². The molecule has 0 saturated carbocycles. The van der Waals surface area contributed by atoms with Crippen LogP contribution in [0.3, 0.4) is 0 Å². The van der Waals surface area contributed by atoms with Crippen molar-refractivity contribution >= 4 is 10.8 Å². The van der Waals surface area contributed by atoms with Crippen LogP contribution < -0.4 is 0 Å². The molecule has 0 aliphatic carbocycles. The molecule has 0 unspecified atom stereocenters. The highest BCUT2D eigenvalue weighted by Gasteiger charge is 1.99. The highest BCUT2D eigenvalue weighted by Crippen LogP contribution is 2.24. The van der Waals surface area contributed by atoms with E-state index in [1.807, 2.05) is 6.07 Å². The summed E-state index contributed by atoms with van der Waals surface area (Å²) in [6.07, 6.45) is 0. The van der Waals surface area contributed by atoms with E-state index in [0.29, 0.717) is 0 Å². The smallest absolute Gasteiger partial charge is 0.0178 e. The van der Waals surface area contributed by atoms with Gasteiger partial charge in [-0.3, -0.25) is 0 Å². The van der Waals surface area contributed by atoms with E-state index >= 15 is 0 Å². The van der Waals surface area contributed by atoms with Crippen molar-refractivity contribution in [3.8, 4) is 11.1 Å². The molecule has 0 heterocycles. The molecule has 81 valence electrons. The van der Waals surface area contributed by atoms with E-state index in [0.717, 1.165) is 5.56 Å².